The number of carbonyl (C=O) groups excluding carboxylic acids is 1. The maximum absolute atomic E-state index is 13.7. The van der Waals surface area contributed by atoms with Gasteiger partial charge in [-0.2, -0.15) is 5.10 Å². The van der Waals surface area contributed by atoms with E-state index in [-0.39, 0.29) is 10.6 Å². The minimum absolute atomic E-state index is 0.0473. The molecule has 0 radical (unpaired) electrons. The summed E-state index contributed by atoms with van der Waals surface area (Å²) in [6, 6.07) is 22.8. The molecule has 40 heavy (non-hydrogen) atoms. The number of nitrogens with one attached hydrogen (secondary N) is 1. The molecule has 0 fully saturated rings. The molecule has 4 aromatic rings. The molecular weight excluding hydrogens is 528 g/mol. The number of sulfonamides is 1. The van der Waals surface area contributed by atoms with Gasteiger partial charge >= 0.3 is 0 Å². The third kappa shape index (κ3) is 6.02. The van der Waals surface area contributed by atoms with Crippen molar-refractivity contribution < 1.29 is 22.7 Å². The number of anilines is 1. The van der Waals surface area contributed by atoms with Crippen LogP contribution in [0.5, 0.6) is 11.5 Å². The van der Waals surface area contributed by atoms with Gasteiger partial charge in [0.2, 0.25) is 0 Å². The van der Waals surface area contributed by atoms with Gasteiger partial charge in [-0.3, -0.25) is 9.10 Å². The molecule has 9 nitrogen and oxygen atoms in total. The van der Waals surface area contributed by atoms with E-state index in [1.807, 2.05) is 45.0 Å². The summed E-state index contributed by atoms with van der Waals surface area (Å²) in [7, 11) is -1.26. The van der Waals surface area contributed by atoms with Crippen molar-refractivity contribution in [2.45, 2.75) is 25.7 Å². The van der Waals surface area contributed by atoms with Crippen LogP contribution in [-0.4, -0.2) is 45.9 Å². The number of carbonyl (C=O) groups is 1. The van der Waals surface area contributed by atoms with Crippen LogP contribution in [0.15, 0.2) is 88.9 Å². The van der Waals surface area contributed by atoms with E-state index >= 15 is 0 Å². The lowest BCUT2D eigenvalue weighted by atomic mass is 10.2. The van der Waals surface area contributed by atoms with Crippen molar-refractivity contribution in [1.29, 1.82) is 0 Å². The lowest BCUT2D eigenvalue weighted by molar-refractivity contribution is -0.119. The van der Waals surface area contributed by atoms with E-state index in [0.29, 0.717) is 11.4 Å². The molecule has 0 atom stereocenters. The zero-order valence-electron chi connectivity index (χ0n) is 23.1. The van der Waals surface area contributed by atoms with Gasteiger partial charge in [0.05, 0.1) is 31.0 Å². The third-order valence-corrected chi connectivity index (χ3v) is 8.17. The van der Waals surface area contributed by atoms with Gasteiger partial charge in [-0.25, -0.2) is 13.8 Å². The highest BCUT2D eigenvalue weighted by Gasteiger charge is 2.28. The highest BCUT2D eigenvalue weighted by molar-refractivity contribution is 7.92. The predicted octanol–water partition coefficient (Wildman–Crippen LogP) is 4.77. The molecule has 0 bridgehead atoms. The Morgan fingerprint density at radius 2 is 1.65 bits per heavy atom. The number of aromatic nitrogens is 1. The van der Waals surface area contributed by atoms with Gasteiger partial charge < -0.3 is 14.0 Å². The Balaban J connectivity index is 1.56. The SMILES string of the molecule is COc1ccc(S(=O)(=O)N(CC(=O)N/N=C\c2cc(C)n(-c3cccc(C)c3)c2C)c2ccccc2)cc1OC. The van der Waals surface area contributed by atoms with Gasteiger partial charge in [0, 0.05) is 28.7 Å². The maximum Gasteiger partial charge on any atom is 0.264 e. The van der Waals surface area contributed by atoms with Crippen LogP contribution in [0.25, 0.3) is 5.69 Å². The third-order valence-electron chi connectivity index (χ3n) is 6.40. The molecule has 0 unspecified atom stereocenters. The smallest absolute Gasteiger partial charge is 0.264 e. The van der Waals surface area contributed by atoms with Gasteiger partial charge in [0.1, 0.15) is 6.54 Å². The molecule has 0 aliphatic rings. The number of methoxy groups -OCH3 is 2. The zero-order valence-corrected chi connectivity index (χ0v) is 23.9. The second-order valence-corrected chi connectivity index (χ2v) is 11.0. The zero-order chi connectivity index (χ0) is 28.9. The van der Waals surface area contributed by atoms with E-state index in [9.17, 15) is 13.2 Å². The predicted molar refractivity (Wildman–Crippen MR) is 156 cm³/mol. The molecule has 1 N–H and O–H groups in total. The largest absolute Gasteiger partial charge is 0.493 e. The van der Waals surface area contributed by atoms with Gasteiger partial charge in [-0.15, -0.1) is 0 Å². The van der Waals surface area contributed by atoms with Crippen molar-refractivity contribution in [3.8, 4) is 17.2 Å². The molecule has 0 aliphatic carbocycles. The van der Waals surface area contributed by atoms with Crippen LogP contribution in [0.2, 0.25) is 0 Å². The van der Waals surface area contributed by atoms with Crippen molar-refractivity contribution >= 4 is 27.8 Å². The van der Waals surface area contributed by atoms with E-state index in [4.69, 9.17) is 9.47 Å². The Hall–Kier alpha value is -4.57. The van der Waals surface area contributed by atoms with Crippen molar-refractivity contribution in [3.63, 3.8) is 0 Å². The number of aryl methyl sites for hydroxylation is 2. The summed E-state index contributed by atoms with van der Waals surface area (Å²) in [5.74, 6) is 0.0482. The molecule has 1 aromatic heterocycles. The van der Waals surface area contributed by atoms with Gasteiger partial charge in [-0.05, 0) is 68.8 Å². The van der Waals surface area contributed by atoms with Gasteiger partial charge in [0.15, 0.2) is 11.5 Å². The van der Waals surface area contributed by atoms with Gasteiger partial charge in [-0.1, -0.05) is 30.3 Å². The van der Waals surface area contributed by atoms with Crippen LogP contribution in [-0.2, 0) is 14.8 Å². The standard InChI is InChI=1S/C30H32N4O5S/c1-21-10-9-13-26(16-21)34-22(2)17-24(23(34)3)19-31-32-30(35)20-33(25-11-7-6-8-12-25)40(36,37)27-14-15-28(38-4)29(18-27)39-5/h6-19H,20H2,1-5H3,(H,32,35)/b31-19-. The van der Waals surface area contributed by atoms with Crippen LogP contribution in [0, 0.1) is 20.8 Å². The molecule has 1 amide bonds. The molecule has 3 aromatic carbocycles. The quantitative estimate of drug-likeness (QED) is 0.223. The molecule has 0 spiro atoms. The summed E-state index contributed by atoms with van der Waals surface area (Å²) in [4.78, 5) is 12.9. The molecule has 0 saturated carbocycles. The fraction of sp³-hybridized carbons (Fsp3) is 0.200. The summed E-state index contributed by atoms with van der Waals surface area (Å²) >= 11 is 0. The Kier molecular flexibility index (Phi) is 8.59. The second kappa shape index (κ2) is 12.1. The Morgan fingerprint density at radius 3 is 2.33 bits per heavy atom. The van der Waals surface area contributed by atoms with Crippen LogP contribution < -0.4 is 19.2 Å². The molecule has 208 valence electrons. The van der Waals surface area contributed by atoms with E-state index in [1.165, 1.54) is 32.4 Å². The number of rotatable bonds is 10. The van der Waals surface area contributed by atoms with Crippen molar-refractivity contribution in [1.82, 2.24) is 9.99 Å². The van der Waals surface area contributed by atoms with Crippen LogP contribution >= 0.6 is 0 Å². The number of hydrazone groups is 1. The second-order valence-electron chi connectivity index (χ2n) is 9.16. The summed E-state index contributed by atoms with van der Waals surface area (Å²) in [6.07, 6.45) is 1.56. The first-order valence-corrected chi connectivity index (χ1v) is 14.0. The van der Waals surface area contributed by atoms with Crippen molar-refractivity contribution in [2.24, 2.45) is 5.10 Å². The number of para-hydroxylation sites is 1. The molecule has 0 aliphatic heterocycles. The number of nitrogens with zero attached hydrogens (tertiary/aromatic N) is 3. The van der Waals surface area contributed by atoms with Crippen molar-refractivity contribution in [2.75, 3.05) is 25.1 Å². The number of benzene rings is 3. The monoisotopic (exact) mass is 560 g/mol. The fourth-order valence-electron chi connectivity index (χ4n) is 4.44. The Morgan fingerprint density at radius 1 is 0.925 bits per heavy atom. The first-order chi connectivity index (χ1) is 19.1. The molecule has 4 rings (SSSR count). The first-order valence-electron chi connectivity index (χ1n) is 12.5. The van der Waals surface area contributed by atoms with E-state index < -0.39 is 22.5 Å². The average Bonchev–Trinajstić information content (AvgIpc) is 3.23. The minimum Gasteiger partial charge on any atom is -0.493 e. The highest BCUT2D eigenvalue weighted by atomic mass is 32.2. The normalized spacial score (nSPS) is 11.4. The lowest BCUT2D eigenvalue weighted by Crippen LogP contribution is -2.39. The summed E-state index contributed by atoms with van der Waals surface area (Å²) < 4.78 is 41.0. The molecule has 0 saturated heterocycles. The maximum atomic E-state index is 13.7. The van der Waals surface area contributed by atoms with E-state index in [0.717, 1.165) is 32.5 Å². The number of ether oxygens (including phenoxy) is 2. The lowest BCUT2D eigenvalue weighted by Gasteiger charge is -2.24. The van der Waals surface area contributed by atoms with Crippen molar-refractivity contribution in [3.05, 3.63) is 101 Å². The number of hydrogen-bond donors (Lipinski definition) is 1. The first kappa shape index (κ1) is 28.4. The average molecular weight is 561 g/mol. The fourth-order valence-corrected chi connectivity index (χ4v) is 5.87. The van der Waals surface area contributed by atoms with Crippen LogP contribution in [0.1, 0.15) is 22.5 Å². The van der Waals surface area contributed by atoms with E-state index in [2.05, 4.69) is 21.2 Å². The molecule has 10 heteroatoms. The Labute approximate surface area is 234 Å². The summed E-state index contributed by atoms with van der Waals surface area (Å²) in [5, 5.41) is 4.12. The Bertz CT molecular complexity index is 1650. The molecular formula is C30H32N4O5S. The summed E-state index contributed by atoms with van der Waals surface area (Å²) in [6.45, 7) is 5.54. The topological polar surface area (TPSA) is 102 Å². The number of amides is 1. The van der Waals surface area contributed by atoms with Gasteiger partial charge in [0.25, 0.3) is 15.9 Å². The van der Waals surface area contributed by atoms with E-state index in [1.54, 1.807) is 36.5 Å². The number of hydrogen-bond acceptors (Lipinski definition) is 6. The van der Waals surface area contributed by atoms with Crippen LogP contribution in [0.3, 0.4) is 0 Å². The molecule has 1 heterocycles. The van der Waals surface area contributed by atoms with Crippen LogP contribution in [0.4, 0.5) is 5.69 Å². The summed E-state index contributed by atoms with van der Waals surface area (Å²) in [5.41, 5.74) is 7.81. The minimum atomic E-state index is -4.15. The highest BCUT2D eigenvalue weighted by Crippen LogP contribution is 2.32.